The Bertz CT molecular complexity index is 371. The maximum atomic E-state index is 6.45. The van der Waals surface area contributed by atoms with Crippen LogP contribution in [0.5, 0.6) is 0 Å². The fourth-order valence-corrected chi connectivity index (χ4v) is 4.29. The van der Waals surface area contributed by atoms with Crippen LogP contribution in [-0.2, 0) is 0 Å². The standard InChI is InChI=1S/C16H28N2/c1-10(2)12-9-16(4)11(3)7-6-8-13(16)15(18-5)14(12)17/h11-14H,1,6-9,17H2,2-5H3. The monoisotopic (exact) mass is 248 g/mol. The molecule has 0 aromatic heterocycles. The fourth-order valence-electron chi connectivity index (χ4n) is 4.29. The largest absolute Gasteiger partial charge is 0.322 e. The molecule has 0 amide bonds. The second-order valence-corrected chi connectivity index (χ2v) is 6.72. The van der Waals surface area contributed by atoms with Crippen LogP contribution in [0.15, 0.2) is 17.1 Å². The van der Waals surface area contributed by atoms with Crippen LogP contribution in [0.3, 0.4) is 0 Å². The molecule has 0 bridgehead atoms. The van der Waals surface area contributed by atoms with E-state index in [-0.39, 0.29) is 6.04 Å². The molecular weight excluding hydrogens is 220 g/mol. The summed E-state index contributed by atoms with van der Waals surface area (Å²) >= 11 is 0. The number of hydrogen-bond donors (Lipinski definition) is 1. The Hall–Kier alpha value is -0.630. The van der Waals surface area contributed by atoms with Crippen LogP contribution in [0.2, 0.25) is 0 Å². The molecule has 5 atom stereocenters. The summed E-state index contributed by atoms with van der Waals surface area (Å²) in [6.45, 7) is 11.1. The molecule has 2 saturated carbocycles. The van der Waals surface area contributed by atoms with E-state index in [1.54, 1.807) is 0 Å². The lowest BCUT2D eigenvalue weighted by molar-refractivity contribution is 0.0468. The molecular formula is C16H28N2. The van der Waals surface area contributed by atoms with Gasteiger partial charge in [-0.2, -0.15) is 0 Å². The summed E-state index contributed by atoms with van der Waals surface area (Å²) in [5.41, 5.74) is 9.30. The zero-order valence-corrected chi connectivity index (χ0v) is 12.4. The van der Waals surface area contributed by atoms with Gasteiger partial charge in [-0.1, -0.05) is 38.8 Å². The zero-order chi connectivity index (χ0) is 13.5. The van der Waals surface area contributed by atoms with E-state index in [9.17, 15) is 0 Å². The van der Waals surface area contributed by atoms with Gasteiger partial charge in [-0.05, 0) is 31.1 Å². The van der Waals surface area contributed by atoms with Crippen molar-refractivity contribution in [1.82, 2.24) is 0 Å². The average molecular weight is 248 g/mol. The SMILES string of the molecule is C=C(C)C1CC2(C)C(C)CCCC2C(=NC)C1N. The topological polar surface area (TPSA) is 38.4 Å². The number of fused-ring (bicyclic) bond motifs is 1. The Morgan fingerprint density at radius 1 is 1.44 bits per heavy atom. The first-order chi connectivity index (χ1) is 8.41. The number of hydrogen-bond acceptors (Lipinski definition) is 2. The second-order valence-electron chi connectivity index (χ2n) is 6.72. The number of rotatable bonds is 1. The zero-order valence-electron chi connectivity index (χ0n) is 12.4. The summed E-state index contributed by atoms with van der Waals surface area (Å²) in [5.74, 6) is 1.77. The van der Waals surface area contributed by atoms with Crippen molar-refractivity contribution in [3.8, 4) is 0 Å². The summed E-state index contributed by atoms with van der Waals surface area (Å²) in [4.78, 5) is 4.58. The minimum Gasteiger partial charge on any atom is -0.322 e. The first kappa shape index (κ1) is 13.8. The van der Waals surface area contributed by atoms with Gasteiger partial charge >= 0.3 is 0 Å². The molecule has 0 heterocycles. The minimum absolute atomic E-state index is 0.0934. The molecule has 0 saturated heterocycles. The molecule has 2 N–H and O–H groups in total. The first-order valence-corrected chi connectivity index (χ1v) is 7.29. The van der Waals surface area contributed by atoms with Gasteiger partial charge in [-0.25, -0.2) is 0 Å². The average Bonchev–Trinajstić information content (AvgIpc) is 2.31. The molecule has 102 valence electrons. The van der Waals surface area contributed by atoms with Crippen LogP contribution in [0.1, 0.15) is 46.5 Å². The van der Waals surface area contributed by atoms with Gasteiger partial charge < -0.3 is 5.73 Å². The molecule has 2 aliphatic rings. The Balaban J connectivity index is 2.40. The van der Waals surface area contributed by atoms with Crippen LogP contribution >= 0.6 is 0 Å². The van der Waals surface area contributed by atoms with E-state index in [4.69, 9.17) is 5.73 Å². The van der Waals surface area contributed by atoms with Gasteiger partial charge in [0.15, 0.2) is 0 Å². The molecule has 0 spiro atoms. The Kier molecular flexibility index (Phi) is 3.68. The molecule has 2 nitrogen and oxygen atoms in total. The van der Waals surface area contributed by atoms with Gasteiger partial charge in [0.05, 0.1) is 0 Å². The van der Waals surface area contributed by atoms with E-state index >= 15 is 0 Å². The number of nitrogens with two attached hydrogens (primary N) is 1. The van der Waals surface area contributed by atoms with Crippen molar-refractivity contribution in [3.63, 3.8) is 0 Å². The highest BCUT2D eigenvalue weighted by Crippen LogP contribution is 2.54. The van der Waals surface area contributed by atoms with Crippen LogP contribution in [0.4, 0.5) is 0 Å². The quantitative estimate of drug-likeness (QED) is 0.709. The highest BCUT2D eigenvalue weighted by molar-refractivity contribution is 5.93. The first-order valence-electron chi connectivity index (χ1n) is 7.29. The number of aliphatic imine (C=N–C) groups is 1. The summed E-state index contributed by atoms with van der Waals surface area (Å²) in [7, 11) is 1.91. The molecule has 2 aliphatic carbocycles. The summed E-state index contributed by atoms with van der Waals surface area (Å²) in [6.07, 6.45) is 5.13. The highest BCUT2D eigenvalue weighted by Gasteiger charge is 2.51. The van der Waals surface area contributed by atoms with Crippen molar-refractivity contribution in [2.24, 2.45) is 33.9 Å². The van der Waals surface area contributed by atoms with Crippen molar-refractivity contribution in [2.75, 3.05) is 7.05 Å². The maximum Gasteiger partial charge on any atom is 0.0495 e. The van der Waals surface area contributed by atoms with E-state index in [1.807, 2.05) is 7.05 Å². The minimum atomic E-state index is 0.0934. The van der Waals surface area contributed by atoms with E-state index in [1.165, 1.54) is 37.0 Å². The van der Waals surface area contributed by atoms with E-state index in [0.29, 0.717) is 17.3 Å². The normalized spacial score (nSPS) is 46.8. The number of nitrogens with zero attached hydrogens (tertiary/aromatic N) is 1. The van der Waals surface area contributed by atoms with Gasteiger partial charge in [0.2, 0.25) is 0 Å². The summed E-state index contributed by atoms with van der Waals surface area (Å²) in [6, 6.07) is 0.0934. The molecule has 0 aromatic carbocycles. The molecule has 5 unspecified atom stereocenters. The maximum absolute atomic E-state index is 6.45. The molecule has 2 fully saturated rings. The predicted octanol–water partition coefficient (Wildman–Crippen LogP) is 3.42. The van der Waals surface area contributed by atoms with Crippen LogP contribution in [0.25, 0.3) is 0 Å². The third-order valence-corrected chi connectivity index (χ3v) is 5.73. The lowest BCUT2D eigenvalue weighted by Gasteiger charge is -2.54. The fraction of sp³-hybridized carbons (Fsp3) is 0.812. The predicted molar refractivity (Wildman–Crippen MR) is 78.9 cm³/mol. The van der Waals surface area contributed by atoms with Gasteiger partial charge in [0.25, 0.3) is 0 Å². The van der Waals surface area contributed by atoms with Crippen LogP contribution in [0, 0.1) is 23.2 Å². The van der Waals surface area contributed by atoms with Gasteiger partial charge in [0, 0.05) is 30.6 Å². The third kappa shape index (κ3) is 1.95. The Labute approximate surface area is 112 Å². The Morgan fingerprint density at radius 3 is 2.67 bits per heavy atom. The van der Waals surface area contributed by atoms with Crippen LogP contribution < -0.4 is 5.73 Å². The summed E-state index contributed by atoms with van der Waals surface area (Å²) < 4.78 is 0. The highest BCUT2D eigenvalue weighted by atomic mass is 14.8. The van der Waals surface area contributed by atoms with Crippen molar-refractivity contribution < 1.29 is 0 Å². The van der Waals surface area contributed by atoms with E-state index in [0.717, 1.165) is 5.92 Å². The van der Waals surface area contributed by atoms with Gasteiger partial charge in [-0.15, -0.1) is 0 Å². The van der Waals surface area contributed by atoms with E-state index < -0.39 is 0 Å². The van der Waals surface area contributed by atoms with Crippen molar-refractivity contribution >= 4 is 5.71 Å². The second kappa shape index (κ2) is 4.80. The van der Waals surface area contributed by atoms with Gasteiger partial charge in [-0.3, -0.25) is 4.99 Å². The van der Waals surface area contributed by atoms with Crippen molar-refractivity contribution in [3.05, 3.63) is 12.2 Å². The molecule has 0 radical (unpaired) electrons. The smallest absolute Gasteiger partial charge is 0.0495 e. The summed E-state index contributed by atoms with van der Waals surface area (Å²) in [5, 5.41) is 0. The lowest BCUT2D eigenvalue weighted by atomic mass is 9.51. The molecule has 2 rings (SSSR count). The van der Waals surface area contributed by atoms with Crippen molar-refractivity contribution in [1.29, 1.82) is 0 Å². The van der Waals surface area contributed by atoms with Gasteiger partial charge in [0.1, 0.15) is 0 Å². The molecule has 18 heavy (non-hydrogen) atoms. The third-order valence-electron chi connectivity index (χ3n) is 5.73. The molecule has 0 aromatic rings. The van der Waals surface area contributed by atoms with Crippen molar-refractivity contribution in [2.45, 2.75) is 52.5 Å². The molecule has 0 aliphatic heterocycles. The van der Waals surface area contributed by atoms with Crippen LogP contribution in [-0.4, -0.2) is 18.8 Å². The lowest BCUT2D eigenvalue weighted by Crippen LogP contribution is -2.56. The van der Waals surface area contributed by atoms with E-state index in [2.05, 4.69) is 32.3 Å². The Morgan fingerprint density at radius 2 is 2.11 bits per heavy atom. The molecule has 2 heteroatoms.